The van der Waals surface area contributed by atoms with E-state index in [2.05, 4.69) is 10.2 Å². The molecule has 5 heteroatoms. The van der Waals surface area contributed by atoms with Crippen LogP contribution in [-0.2, 0) is 12.5 Å². The Labute approximate surface area is 148 Å². The van der Waals surface area contributed by atoms with Gasteiger partial charge in [0.1, 0.15) is 5.75 Å². The van der Waals surface area contributed by atoms with E-state index >= 15 is 0 Å². The van der Waals surface area contributed by atoms with Crippen LogP contribution >= 0.6 is 0 Å². The van der Waals surface area contributed by atoms with Crippen molar-refractivity contribution in [3.8, 4) is 5.75 Å². The molecule has 1 spiro atoms. The number of piperidine rings is 2. The van der Waals surface area contributed by atoms with Crippen molar-refractivity contribution in [3.05, 3.63) is 29.3 Å². The summed E-state index contributed by atoms with van der Waals surface area (Å²) < 4.78 is 34.8. The highest BCUT2D eigenvalue weighted by Gasteiger charge is 2.57. The first-order valence-electron chi connectivity index (χ1n) is 9.45. The minimum Gasteiger partial charge on any atom is -0.480 e. The number of para-hydroxylation sites is 1. The molecule has 0 amide bonds. The summed E-state index contributed by atoms with van der Waals surface area (Å²) in [4.78, 5) is 2.40. The molecular weight excluding hydrogens is 322 g/mol. The van der Waals surface area contributed by atoms with Gasteiger partial charge in [-0.2, -0.15) is 8.78 Å². The molecule has 0 radical (unpaired) electrons. The number of likely N-dealkylation sites (tertiary alicyclic amines) is 1. The molecule has 4 rings (SSSR count). The van der Waals surface area contributed by atoms with Crippen LogP contribution in [0.2, 0.25) is 0 Å². The maximum absolute atomic E-state index is 14.6. The minimum absolute atomic E-state index is 0.0434. The molecule has 0 atom stereocenters. The Kier molecular flexibility index (Phi) is 4.08. The molecule has 1 aromatic carbocycles. The first kappa shape index (κ1) is 17.2. The second kappa shape index (κ2) is 5.92. The average Bonchev–Trinajstić information content (AvgIpc) is 2.77. The van der Waals surface area contributed by atoms with E-state index in [9.17, 15) is 8.78 Å². The van der Waals surface area contributed by atoms with Crippen molar-refractivity contribution >= 4 is 0 Å². The minimum atomic E-state index is -2.95. The van der Waals surface area contributed by atoms with Crippen LogP contribution in [0, 0.1) is 5.41 Å². The Morgan fingerprint density at radius 2 is 1.76 bits per heavy atom. The summed E-state index contributed by atoms with van der Waals surface area (Å²) >= 11 is 0. The first-order chi connectivity index (χ1) is 11.8. The van der Waals surface area contributed by atoms with Gasteiger partial charge in [-0.15, -0.1) is 0 Å². The Morgan fingerprint density at radius 3 is 2.44 bits per heavy atom. The zero-order valence-electron chi connectivity index (χ0n) is 15.2. The number of benzene rings is 1. The molecule has 0 saturated carbocycles. The van der Waals surface area contributed by atoms with Gasteiger partial charge in [-0.05, 0) is 77.2 Å². The van der Waals surface area contributed by atoms with Crippen molar-refractivity contribution in [2.75, 3.05) is 26.2 Å². The van der Waals surface area contributed by atoms with Crippen LogP contribution in [0.4, 0.5) is 8.78 Å². The van der Waals surface area contributed by atoms with Crippen LogP contribution in [0.25, 0.3) is 0 Å². The van der Waals surface area contributed by atoms with E-state index in [0.29, 0.717) is 17.7 Å². The monoisotopic (exact) mass is 350 g/mol. The quantitative estimate of drug-likeness (QED) is 0.875. The molecule has 1 aromatic rings. The van der Waals surface area contributed by atoms with Crippen LogP contribution in [-0.4, -0.2) is 36.7 Å². The zero-order chi connectivity index (χ0) is 17.7. The lowest BCUT2D eigenvalue weighted by atomic mass is 9.71. The van der Waals surface area contributed by atoms with E-state index < -0.39 is 11.5 Å². The third-order valence-corrected chi connectivity index (χ3v) is 6.52. The number of hydrogen-bond donors (Lipinski definition) is 1. The number of halogens is 2. The molecule has 0 aromatic heterocycles. The fraction of sp³-hybridized carbons (Fsp3) is 0.700. The molecule has 0 bridgehead atoms. The van der Waals surface area contributed by atoms with Gasteiger partial charge in [0.2, 0.25) is 0 Å². The number of alkyl halides is 2. The molecular formula is C20H28F2N2O. The first-order valence-corrected chi connectivity index (χ1v) is 9.45. The van der Waals surface area contributed by atoms with Gasteiger partial charge in [-0.3, -0.25) is 4.90 Å². The summed E-state index contributed by atoms with van der Waals surface area (Å²) in [6.45, 7) is 7.99. The number of nitrogens with zero attached hydrogens (tertiary/aromatic N) is 1. The summed E-state index contributed by atoms with van der Waals surface area (Å²) in [6, 6.07) is 5.18. The fourth-order valence-electron chi connectivity index (χ4n) is 4.60. The molecule has 25 heavy (non-hydrogen) atoms. The van der Waals surface area contributed by atoms with E-state index in [0.717, 1.165) is 31.7 Å². The highest BCUT2D eigenvalue weighted by Crippen LogP contribution is 2.52. The van der Waals surface area contributed by atoms with E-state index in [-0.39, 0.29) is 5.56 Å². The predicted octanol–water partition coefficient (Wildman–Crippen LogP) is 3.92. The Hall–Kier alpha value is -1.20. The molecule has 3 aliphatic rings. The smallest absolute Gasteiger partial charge is 0.314 e. The maximum atomic E-state index is 14.6. The second-order valence-electron chi connectivity index (χ2n) is 8.51. The highest BCUT2D eigenvalue weighted by atomic mass is 19.3. The van der Waals surface area contributed by atoms with Crippen LogP contribution < -0.4 is 10.1 Å². The molecule has 0 unspecified atom stereocenters. The van der Waals surface area contributed by atoms with Gasteiger partial charge in [-0.25, -0.2) is 0 Å². The van der Waals surface area contributed by atoms with E-state index in [1.165, 1.54) is 45.6 Å². The van der Waals surface area contributed by atoms with Crippen LogP contribution in [0.15, 0.2) is 18.2 Å². The largest absolute Gasteiger partial charge is 0.480 e. The molecule has 1 N–H and O–H groups in total. The molecule has 2 saturated heterocycles. The third kappa shape index (κ3) is 2.85. The third-order valence-electron chi connectivity index (χ3n) is 6.52. The van der Waals surface area contributed by atoms with Gasteiger partial charge in [-0.1, -0.05) is 12.1 Å². The summed E-state index contributed by atoms with van der Waals surface area (Å²) in [5.74, 6) is -2.54. The zero-order valence-corrected chi connectivity index (χ0v) is 15.2. The summed E-state index contributed by atoms with van der Waals surface area (Å²) in [5.41, 5.74) is -0.0378. The molecule has 0 aliphatic carbocycles. The van der Waals surface area contributed by atoms with Crippen molar-refractivity contribution < 1.29 is 13.5 Å². The van der Waals surface area contributed by atoms with E-state index in [4.69, 9.17) is 4.74 Å². The summed E-state index contributed by atoms with van der Waals surface area (Å²) in [5, 5.41) is 3.45. The number of fused-ring (bicyclic) bond motifs is 1. The summed E-state index contributed by atoms with van der Waals surface area (Å²) in [7, 11) is 0. The SMILES string of the molecule is CC1(C)Oc2c(CN3CCC4(CCNCC4)CC3)cccc2C1(F)F. The number of ether oxygens (including phenoxy) is 1. The van der Waals surface area contributed by atoms with Crippen molar-refractivity contribution in [3.63, 3.8) is 0 Å². The van der Waals surface area contributed by atoms with E-state index in [1.54, 1.807) is 6.07 Å². The maximum Gasteiger partial charge on any atom is 0.314 e. The Bertz CT molecular complexity index is 643. The Morgan fingerprint density at radius 1 is 1.08 bits per heavy atom. The fourth-order valence-corrected chi connectivity index (χ4v) is 4.60. The highest BCUT2D eigenvalue weighted by molar-refractivity contribution is 5.49. The number of hydrogen-bond acceptors (Lipinski definition) is 3. The van der Waals surface area contributed by atoms with Gasteiger partial charge in [0.25, 0.3) is 0 Å². The van der Waals surface area contributed by atoms with E-state index in [1.807, 2.05) is 6.07 Å². The lowest BCUT2D eigenvalue weighted by Crippen LogP contribution is -2.45. The van der Waals surface area contributed by atoms with Gasteiger partial charge >= 0.3 is 5.92 Å². The Balaban J connectivity index is 1.48. The molecule has 3 nitrogen and oxygen atoms in total. The van der Waals surface area contributed by atoms with Crippen LogP contribution in [0.3, 0.4) is 0 Å². The summed E-state index contributed by atoms with van der Waals surface area (Å²) in [6.07, 6.45) is 4.97. The molecule has 3 heterocycles. The van der Waals surface area contributed by atoms with Gasteiger partial charge in [0.15, 0.2) is 5.60 Å². The number of nitrogens with one attached hydrogen (secondary N) is 1. The predicted molar refractivity (Wildman–Crippen MR) is 94.1 cm³/mol. The van der Waals surface area contributed by atoms with Crippen molar-refractivity contribution in [2.24, 2.45) is 5.41 Å². The normalized spacial score (nSPS) is 27.0. The number of rotatable bonds is 2. The van der Waals surface area contributed by atoms with Gasteiger partial charge < -0.3 is 10.1 Å². The lowest BCUT2D eigenvalue weighted by Gasteiger charge is -2.44. The topological polar surface area (TPSA) is 24.5 Å². The van der Waals surface area contributed by atoms with Crippen LogP contribution in [0.5, 0.6) is 5.75 Å². The van der Waals surface area contributed by atoms with Crippen LogP contribution in [0.1, 0.15) is 50.7 Å². The molecule has 3 aliphatic heterocycles. The molecule has 138 valence electrons. The second-order valence-corrected chi connectivity index (χ2v) is 8.51. The van der Waals surface area contributed by atoms with Gasteiger partial charge in [0, 0.05) is 12.1 Å². The van der Waals surface area contributed by atoms with Crippen molar-refractivity contribution in [2.45, 2.75) is 57.6 Å². The standard InChI is InChI=1S/C20H28F2N2O/c1-18(2)20(21,22)16-5-3-4-15(17(16)25-18)14-24-12-8-19(9-13-24)6-10-23-11-7-19/h3-5,23H,6-14H2,1-2H3. The molecule has 2 fully saturated rings. The average molecular weight is 350 g/mol. The lowest BCUT2D eigenvalue weighted by molar-refractivity contribution is -0.127. The van der Waals surface area contributed by atoms with Gasteiger partial charge in [0.05, 0.1) is 5.56 Å². The van der Waals surface area contributed by atoms with Crippen molar-refractivity contribution in [1.82, 2.24) is 10.2 Å². The van der Waals surface area contributed by atoms with Crippen molar-refractivity contribution in [1.29, 1.82) is 0 Å².